The molecule has 0 aromatic carbocycles. The van der Waals surface area contributed by atoms with Crippen LogP contribution in [0.4, 0.5) is 0 Å². The molecule has 0 rings (SSSR count). The topological polar surface area (TPSA) is 78.9 Å². The zero-order chi connectivity index (χ0) is 44.4. The molecule has 0 bridgehead atoms. The Morgan fingerprint density at radius 3 is 0.951 bits per heavy atom. The van der Waals surface area contributed by atoms with Crippen molar-refractivity contribution >= 4 is 17.9 Å². The number of ether oxygens (including phenoxy) is 3. The lowest BCUT2D eigenvalue weighted by atomic mass is 10.0. The van der Waals surface area contributed by atoms with Crippen molar-refractivity contribution in [2.75, 3.05) is 13.2 Å². The van der Waals surface area contributed by atoms with E-state index in [4.69, 9.17) is 14.2 Å². The van der Waals surface area contributed by atoms with E-state index in [2.05, 4.69) is 93.7 Å². The van der Waals surface area contributed by atoms with Crippen molar-refractivity contribution in [2.45, 2.75) is 245 Å². The predicted octanol–water partition coefficient (Wildman–Crippen LogP) is 16.6. The van der Waals surface area contributed by atoms with Gasteiger partial charge >= 0.3 is 17.9 Å². The van der Waals surface area contributed by atoms with E-state index < -0.39 is 6.10 Å². The van der Waals surface area contributed by atoms with Crippen LogP contribution in [0.2, 0.25) is 0 Å². The molecule has 1 unspecified atom stereocenters. The van der Waals surface area contributed by atoms with E-state index in [0.29, 0.717) is 19.3 Å². The Hall–Kier alpha value is -3.15. The second kappa shape index (κ2) is 49.5. The van der Waals surface area contributed by atoms with Crippen LogP contribution in [0.1, 0.15) is 239 Å². The van der Waals surface area contributed by atoms with Gasteiger partial charge in [0.2, 0.25) is 0 Å². The summed E-state index contributed by atoms with van der Waals surface area (Å²) in [4.78, 5) is 37.9. The first kappa shape index (κ1) is 57.9. The highest BCUT2D eigenvalue weighted by molar-refractivity contribution is 5.71. The molecule has 0 aromatic heterocycles. The molecule has 61 heavy (non-hydrogen) atoms. The fraction of sp³-hybridized carbons (Fsp3) is 0.727. The van der Waals surface area contributed by atoms with E-state index in [9.17, 15) is 14.4 Å². The van der Waals surface area contributed by atoms with Crippen LogP contribution in [0.15, 0.2) is 72.9 Å². The zero-order valence-corrected chi connectivity index (χ0v) is 39.9. The van der Waals surface area contributed by atoms with Gasteiger partial charge in [-0.2, -0.15) is 0 Å². The Morgan fingerprint density at radius 1 is 0.328 bits per heavy atom. The van der Waals surface area contributed by atoms with Crippen molar-refractivity contribution < 1.29 is 28.6 Å². The molecule has 0 spiro atoms. The first-order valence-electron chi connectivity index (χ1n) is 25.4. The van der Waals surface area contributed by atoms with Crippen molar-refractivity contribution in [3.8, 4) is 0 Å². The first-order chi connectivity index (χ1) is 30.0. The lowest BCUT2D eigenvalue weighted by Gasteiger charge is -2.18. The summed E-state index contributed by atoms with van der Waals surface area (Å²) in [7, 11) is 0. The number of unbranched alkanes of at least 4 members (excludes halogenated alkanes) is 22. The third kappa shape index (κ3) is 47.7. The molecule has 0 fully saturated rings. The van der Waals surface area contributed by atoms with E-state index in [1.165, 1.54) is 116 Å². The van der Waals surface area contributed by atoms with Gasteiger partial charge in [-0.1, -0.05) is 196 Å². The van der Waals surface area contributed by atoms with Crippen LogP contribution in [0.5, 0.6) is 0 Å². The first-order valence-corrected chi connectivity index (χ1v) is 25.4. The molecule has 0 N–H and O–H groups in total. The molecular weight excluding hydrogens is 757 g/mol. The van der Waals surface area contributed by atoms with E-state index in [1.807, 2.05) is 0 Å². The number of hydrogen-bond donors (Lipinski definition) is 0. The van der Waals surface area contributed by atoms with Crippen LogP contribution in [-0.2, 0) is 28.6 Å². The largest absolute Gasteiger partial charge is 0.462 e. The highest BCUT2D eigenvalue weighted by atomic mass is 16.6. The van der Waals surface area contributed by atoms with Gasteiger partial charge < -0.3 is 14.2 Å². The number of rotatable bonds is 45. The van der Waals surface area contributed by atoms with Crippen molar-refractivity contribution in [3.63, 3.8) is 0 Å². The standard InChI is InChI=1S/C55H94O6/c1-4-7-10-13-16-19-22-25-27-30-33-36-39-42-45-48-54(57)60-51-52(50-59-53(56)47-44-41-38-35-32-29-24-21-18-15-12-9-6-3)61-55(58)49-46-43-40-37-34-31-28-26-23-20-17-14-11-8-5-2/h16-17,19-20,25-28,33-34,36-37,52H,4-15,18,21-24,29-32,35,38-51H2,1-3H3/b19-16-,20-17-,27-25-,28-26-,36-33-,37-34-. The van der Waals surface area contributed by atoms with Gasteiger partial charge in [-0.25, -0.2) is 0 Å². The smallest absolute Gasteiger partial charge is 0.306 e. The summed E-state index contributed by atoms with van der Waals surface area (Å²) in [6, 6.07) is 0. The number of hydrogen-bond acceptors (Lipinski definition) is 6. The molecule has 350 valence electrons. The van der Waals surface area contributed by atoms with Crippen LogP contribution in [0.3, 0.4) is 0 Å². The highest BCUT2D eigenvalue weighted by Crippen LogP contribution is 2.14. The lowest BCUT2D eigenvalue weighted by molar-refractivity contribution is -0.167. The van der Waals surface area contributed by atoms with Crippen LogP contribution in [0, 0.1) is 0 Å². The number of carbonyl (C=O) groups excluding carboxylic acids is 3. The monoisotopic (exact) mass is 851 g/mol. The van der Waals surface area contributed by atoms with Gasteiger partial charge in [0, 0.05) is 19.3 Å². The number of allylic oxidation sites excluding steroid dienone is 12. The molecule has 0 heterocycles. The van der Waals surface area contributed by atoms with Gasteiger partial charge in [0.05, 0.1) is 0 Å². The van der Waals surface area contributed by atoms with Crippen molar-refractivity contribution in [2.24, 2.45) is 0 Å². The summed E-state index contributed by atoms with van der Waals surface area (Å²) in [6.45, 7) is 6.51. The average molecular weight is 851 g/mol. The Balaban J connectivity index is 4.51. The molecule has 6 nitrogen and oxygen atoms in total. The molecule has 0 aliphatic carbocycles. The predicted molar refractivity (Wildman–Crippen MR) is 261 cm³/mol. The maximum atomic E-state index is 12.8. The van der Waals surface area contributed by atoms with E-state index in [1.54, 1.807) is 0 Å². The van der Waals surface area contributed by atoms with Gasteiger partial charge in [-0.05, 0) is 96.3 Å². The maximum Gasteiger partial charge on any atom is 0.306 e. The van der Waals surface area contributed by atoms with Gasteiger partial charge in [0.25, 0.3) is 0 Å². The summed E-state index contributed by atoms with van der Waals surface area (Å²) < 4.78 is 16.7. The van der Waals surface area contributed by atoms with Gasteiger partial charge in [0.15, 0.2) is 6.10 Å². The molecular formula is C55H94O6. The molecule has 0 aliphatic rings. The summed E-state index contributed by atoms with van der Waals surface area (Å²) in [5.41, 5.74) is 0. The molecule has 0 saturated heterocycles. The second-order valence-electron chi connectivity index (χ2n) is 16.7. The van der Waals surface area contributed by atoms with Crippen molar-refractivity contribution in [1.29, 1.82) is 0 Å². The molecule has 0 radical (unpaired) electrons. The third-order valence-corrected chi connectivity index (χ3v) is 10.7. The Kier molecular flexibility index (Phi) is 46.9. The van der Waals surface area contributed by atoms with E-state index in [-0.39, 0.29) is 37.5 Å². The SMILES string of the molecule is CCCCC/C=C\C/C=C\C/C=C\CCCCC(=O)OCC(COC(=O)CCCCCCCCCCCCCCC)OC(=O)CCCC/C=C\C/C=C\C/C=C\CCCCC. The van der Waals surface area contributed by atoms with Crippen LogP contribution in [-0.4, -0.2) is 37.2 Å². The van der Waals surface area contributed by atoms with Crippen LogP contribution in [0.25, 0.3) is 0 Å². The van der Waals surface area contributed by atoms with Crippen molar-refractivity contribution in [3.05, 3.63) is 72.9 Å². The summed E-state index contributed by atoms with van der Waals surface area (Å²) in [5.74, 6) is -0.979. The molecule has 0 amide bonds. The molecule has 0 saturated carbocycles. The van der Waals surface area contributed by atoms with E-state index >= 15 is 0 Å². The highest BCUT2D eigenvalue weighted by Gasteiger charge is 2.19. The minimum Gasteiger partial charge on any atom is -0.462 e. The molecule has 0 aromatic rings. The fourth-order valence-corrected chi connectivity index (χ4v) is 6.81. The Morgan fingerprint density at radius 2 is 0.590 bits per heavy atom. The Labute approximate surface area is 376 Å². The minimum atomic E-state index is -0.808. The fourth-order valence-electron chi connectivity index (χ4n) is 6.81. The normalized spacial score (nSPS) is 12.6. The third-order valence-electron chi connectivity index (χ3n) is 10.7. The second-order valence-corrected chi connectivity index (χ2v) is 16.7. The van der Waals surface area contributed by atoms with Crippen molar-refractivity contribution in [1.82, 2.24) is 0 Å². The lowest BCUT2D eigenvalue weighted by Crippen LogP contribution is -2.30. The van der Waals surface area contributed by atoms with Crippen LogP contribution >= 0.6 is 0 Å². The van der Waals surface area contributed by atoms with Gasteiger partial charge in [-0.3, -0.25) is 14.4 Å². The summed E-state index contributed by atoms with van der Waals surface area (Å²) >= 11 is 0. The molecule has 6 heteroatoms. The van der Waals surface area contributed by atoms with Gasteiger partial charge in [0.1, 0.15) is 13.2 Å². The average Bonchev–Trinajstić information content (AvgIpc) is 3.26. The molecule has 1 atom stereocenters. The maximum absolute atomic E-state index is 12.8. The molecule has 0 aliphatic heterocycles. The zero-order valence-electron chi connectivity index (χ0n) is 39.9. The summed E-state index contributed by atoms with van der Waals surface area (Å²) in [5, 5.41) is 0. The number of carbonyl (C=O) groups is 3. The Bertz CT molecular complexity index is 1160. The quantitative estimate of drug-likeness (QED) is 0.0263. The number of esters is 3. The summed E-state index contributed by atoms with van der Waals surface area (Å²) in [6.07, 6.45) is 61.7. The minimum absolute atomic E-state index is 0.101. The van der Waals surface area contributed by atoms with E-state index in [0.717, 1.165) is 77.0 Å². The van der Waals surface area contributed by atoms with Gasteiger partial charge in [-0.15, -0.1) is 0 Å². The van der Waals surface area contributed by atoms with Crippen LogP contribution < -0.4 is 0 Å².